The molecule has 2 aromatic carbocycles. The first-order chi connectivity index (χ1) is 11.0. The van der Waals surface area contributed by atoms with Crippen LogP contribution in [-0.2, 0) is 0 Å². The summed E-state index contributed by atoms with van der Waals surface area (Å²) in [6.07, 6.45) is 0. The molecule has 0 amide bonds. The summed E-state index contributed by atoms with van der Waals surface area (Å²) in [5, 5.41) is 0.563. The minimum absolute atomic E-state index is 0.129. The quantitative estimate of drug-likeness (QED) is 0.709. The summed E-state index contributed by atoms with van der Waals surface area (Å²) in [5.74, 6) is 0.194. The number of aryl methyl sites for hydroxylation is 1. The van der Waals surface area contributed by atoms with Crippen molar-refractivity contribution in [1.82, 2.24) is 4.68 Å². The minimum Gasteiger partial charge on any atom is -0.263 e. The van der Waals surface area contributed by atoms with Crippen LogP contribution < -0.4 is 10.3 Å². The predicted octanol–water partition coefficient (Wildman–Crippen LogP) is 3.63. The smallest absolute Gasteiger partial charge is 0.263 e. The predicted molar refractivity (Wildman–Crippen MR) is 87.9 cm³/mol. The highest BCUT2D eigenvalue weighted by molar-refractivity contribution is 6.42. The van der Waals surface area contributed by atoms with Crippen molar-refractivity contribution in [2.24, 2.45) is 0 Å². The Labute approximate surface area is 140 Å². The molecule has 1 heterocycles. The molecule has 0 radical (unpaired) electrons. The van der Waals surface area contributed by atoms with Crippen LogP contribution in [0.1, 0.15) is 5.56 Å². The average Bonchev–Trinajstić information content (AvgIpc) is 2.50. The van der Waals surface area contributed by atoms with Crippen molar-refractivity contribution in [2.45, 2.75) is 6.92 Å². The third-order valence-corrected chi connectivity index (χ3v) is 4.10. The molecule has 0 unspecified atom stereocenters. The van der Waals surface area contributed by atoms with E-state index in [2.05, 4.69) is 0 Å². The molecule has 0 saturated heterocycles. The van der Waals surface area contributed by atoms with Crippen LogP contribution in [0.2, 0.25) is 10.0 Å². The van der Waals surface area contributed by atoms with E-state index in [4.69, 9.17) is 27.7 Å². The summed E-state index contributed by atoms with van der Waals surface area (Å²) in [7, 11) is 0. The van der Waals surface area contributed by atoms with Crippen LogP contribution in [0.25, 0.3) is 17.0 Å². The number of benzene rings is 2. The fourth-order valence-corrected chi connectivity index (χ4v) is 2.51. The zero-order valence-corrected chi connectivity index (χ0v) is 13.5. The minimum atomic E-state index is -0.539. The van der Waals surface area contributed by atoms with Crippen LogP contribution in [0.3, 0.4) is 0 Å². The maximum Gasteiger partial charge on any atom is 0.378 e. The van der Waals surface area contributed by atoms with E-state index in [0.29, 0.717) is 10.6 Å². The maximum absolute atomic E-state index is 12.3. The first-order valence-corrected chi connectivity index (χ1v) is 7.45. The molecule has 0 aliphatic heterocycles. The SMILES string of the molecule is Cc1ccccc1-c1cc(=O)n(-c2ccc(Cl)c(Cl)c2)[n+](=O)o1. The molecule has 7 heteroatoms. The Balaban J connectivity index is 2.19. The molecule has 23 heavy (non-hydrogen) atoms. The van der Waals surface area contributed by atoms with Crippen molar-refractivity contribution < 1.29 is 9.24 Å². The van der Waals surface area contributed by atoms with E-state index in [9.17, 15) is 9.70 Å². The van der Waals surface area contributed by atoms with E-state index < -0.39 is 5.56 Å². The first kappa shape index (κ1) is 15.5. The number of halogens is 2. The second-order valence-corrected chi connectivity index (χ2v) is 5.72. The first-order valence-electron chi connectivity index (χ1n) is 6.69. The summed E-state index contributed by atoms with van der Waals surface area (Å²) >= 11 is 11.8. The molecule has 3 aromatic rings. The van der Waals surface area contributed by atoms with Gasteiger partial charge in [-0.3, -0.25) is 4.79 Å². The molecule has 5 nitrogen and oxygen atoms in total. The third-order valence-electron chi connectivity index (χ3n) is 3.36. The number of hydrogen-bond donors (Lipinski definition) is 0. The van der Waals surface area contributed by atoms with E-state index >= 15 is 0 Å². The molecule has 3 rings (SSSR count). The molecule has 116 valence electrons. The van der Waals surface area contributed by atoms with Crippen LogP contribution in [0.4, 0.5) is 0 Å². The lowest BCUT2D eigenvalue weighted by molar-refractivity contribution is -0.775. The van der Waals surface area contributed by atoms with Crippen LogP contribution in [-0.4, -0.2) is 4.68 Å². The summed E-state index contributed by atoms with van der Waals surface area (Å²) in [4.78, 5) is 24.5. The summed E-state index contributed by atoms with van der Waals surface area (Å²) in [5.41, 5.74) is 1.29. The van der Waals surface area contributed by atoms with Gasteiger partial charge in [-0.25, -0.2) is 0 Å². The van der Waals surface area contributed by atoms with Gasteiger partial charge in [0.15, 0.2) is 0 Å². The molecule has 0 spiro atoms. The largest absolute Gasteiger partial charge is 0.378 e. The molecule has 0 bridgehead atoms. The molecule has 0 fully saturated rings. The third kappa shape index (κ3) is 2.93. The Morgan fingerprint density at radius 3 is 2.43 bits per heavy atom. The van der Waals surface area contributed by atoms with Gasteiger partial charge in [0, 0.05) is 10.2 Å². The summed E-state index contributed by atoms with van der Waals surface area (Å²) in [6.45, 7) is 1.87. The Morgan fingerprint density at radius 2 is 1.78 bits per heavy atom. The fraction of sp³-hybridized carbons (Fsp3) is 0.0625. The van der Waals surface area contributed by atoms with Crippen LogP contribution in [0, 0.1) is 11.8 Å². The molecular weight excluding hydrogens is 339 g/mol. The topological polar surface area (TPSA) is 58.1 Å². The number of rotatable bonds is 2. The van der Waals surface area contributed by atoms with E-state index in [1.165, 1.54) is 24.3 Å². The number of aromatic nitrogens is 2. The van der Waals surface area contributed by atoms with E-state index in [1.54, 1.807) is 12.1 Å². The standard InChI is InChI=1S/C16H11Cl2N2O3/c1-10-4-2-3-5-12(10)15-9-16(21)19(20(22)23-15)11-6-7-13(17)14(18)8-11/h2-9H,1H3/q+1. The van der Waals surface area contributed by atoms with Gasteiger partial charge < -0.3 is 0 Å². The highest BCUT2D eigenvalue weighted by atomic mass is 35.5. The second kappa shape index (κ2) is 6.02. The lowest BCUT2D eigenvalue weighted by Gasteiger charge is -2.01. The summed E-state index contributed by atoms with van der Waals surface area (Å²) < 4.78 is 6.18. The molecule has 1 aromatic heterocycles. The zero-order chi connectivity index (χ0) is 16.6. The van der Waals surface area contributed by atoms with Gasteiger partial charge in [0.25, 0.3) is 0 Å². The van der Waals surface area contributed by atoms with Gasteiger partial charge in [0.05, 0.1) is 16.1 Å². The highest BCUT2D eigenvalue weighted by Crippen LogP contribution is 2.24. The second-order valence-electron chi connectivity index (χ2n) is 4.90. The van der Waals surface area contributed by atoms with Crippen molar-refractivity contribution in [1.29, 1.82) is 0 Å². The van der Waals surface area contributed by atoms with E-state index in [1.807, 2.05) is 19.1 Å². The van der Waals surface area contributed by atoms with Gasteiger partial charge in [0.1, 0.15) is 10.6 Å². The molecule has 0 saturated carbocycles. The monoisotopic (exact) mass is 349 g/mol. The number of nitrogens with zero attached hydrogens (tertiary/aromatic N) is 2. The van der Waals surface area contributed by atoms with Crippen molar-refractivity contribution in [3.8, 4) is 17.0 Å². The van der Waals surface area contributed by atoms with Crippen molar-refractivity contribution in [3.63, 3.8) is 0 Å². The Kier molecular flexibility index (Phi) is 4.07. The Morgan fingerprint density at radius 1 is 1.04 bits per heavy atom. The van der Waals surface area contributed by atoms with Crippen molar-refractivity contribution >= 4 is 23.2 Å². The summed E-state index contributed by atoms with van der Waals surface area (Å²) in [6, 6.07) is 13.0. The Bertz CT molecular complexity index is 977. The maximum atomic E-state index is 12.3. The Hall–Kier alpha value is -2.37. The van der Waals surface area contributed by atoms with E-state index in [0.717, 1.165) is 10.2 Å². The highest BCUT2D eigenvalue weighted by Gasteiger charge is 2.19. The van der Waals surface area contributed by atoms with Crippen LogP contribution >= 0.6 is 23.2 Å². The fourth-order valence-electron chi connectivity index (χ4n) is 2.22. The molecule has 0 atom stereocenters. The zero-order valence-electron chi connectivity index (χ0n) is 12.0. The normalized spacial score (nSPS) is 10.7. The van der Waals surface area contributed by atoms with Gasteiger partial charge in [0.2, 0.25) is 5.76 Å². The molecule has 0 N–H and O–H groups in total. The van der Waals surface area contributed by atoms with Crippen LogP contribution in [0.5, 0.6) is 0 Å². The van der Waals surface area contributed by atoms with Gasteiger partial charge in [-0.1, -0.05) is 47.5 Å². The average molecular weight is 350 g/mol. The van der Waals surface area contributed by atoms with Crippen molar-refractivity contribution in [3.05, 3.63) is 79.4 Å². The lowest BCUT2D eigenvalue weighted by atomic mass is 10.1. The van der Waals surface area contributed by atoms with Gasteiger partial charge in [-0.15, -0.1) is 0 Å². The van der Waals surface area contributed by atoms with Gasteiger partial charge >= 0.3 is 10.3 Å². The van der Waals surface area contributed by atoms with Gasteiger partial charge in [-0.05, 0) is 30.7 Å². The van der Waals surface area contributed by atoms with E-state index in [-0.39, 0.29) is 21.2 Å². The molecule has 0 aliphatic rings. The lowest BCUT2D eigenvalue weighted by Crippen LogP contribution is -2.39. The molecule has 0 aliphatic carbocycles. The van der Waals surface area contributed by atoms with Gasteiger partial charge in [-0.2, -0.15) is 4.52 Å². The van der Waals surface area contributed by atoms with Crippen LogP contribution in [0.15, 0.2) is 57.8 Å². The number of hydrogen-bond acceptors (Lipinski definition) is 3. The van der Waals surface area contributed by atoms with Crippen molar-refractivity contribution in [2.75, 3.05) is 0 Å². The molecular formula is C16H11Cl2N2O3+.